The Morgan fingerprint density at radius 1 is 0.871 bits per heavy atom. The molecule has 0 aliphatic carbocycles. The van der Waals surface area contributed by atoms with Gasteiger partial charge in [-0.2, -0.15) is 0 Å². The number of hydrogen-bond donors (Lipinski definition) is 1. The third kappa shape index (κ3) is 4.33. The van der Waals surface area contributed by atoms with Crippen LogP contribution in [0.2, 0.25) is 0 Å². The molecule has 0 spiro atoms. The zero-order valence-corrected chi connectivity index (χ0v) is 17.2. The molecule has 4 rings (SSSR count). The Hall–Kier alpha value is -3.92. The van der Waals surface area contributed by atoms with Crippen LogP contribution in [0.3, 0.4) is 0 Å². The van der Waals surface area contributed by atoms with E-state index >= 15 is 0 Å². The molecule has 0 atom stereocenters. The first-order chi connectivity index (χ1) is 14.9. The summed E-state index contributed by atoms with van der Waals surface area (Å²) in [4.78, 5) is 12.9. The zero-order chi connectivity index (χ0) is 22.0. The van der Waals surface area contributed by atoms with Crippen LogP contribution in [0.1, 0.15) is 32.6 Å². The number of phenols is 1. The fraction of sp³-hybridized carbons (Fsp3) is 0.0741. The predicted octanol–water partition coefficient (Wildman–Crippen LogP) is 6.69. The standard InChI is InChI=1S/C27H21FO3/c1-17-13-19(14-18(2)26(17)29)11-12-22-15-20-7-3-4-8-21(20)16-23(22)27(30)31-25-10-6-5-9-24(25)28/h3-16,29H,1-2H3/b12-11+. The van der Waals surface area contributed by atoms with Crippen LogP contribution in [0.5, 0.6) is 11.5 Å². The minimum absolute atomic E-state index is 0.111. The second-order valence-corrected chi connectivity index (χ2v) is 7.44. The average molecular weight is 412 g/mol. The smallest absolute Gasteiger partial charge is 0.344 e. The summed E-state index contributed by atoms with van der Waals surface area (Å²) in [5.74, 6) is -1.06. The van der Waals surface area contributed by atoms with E-state index in [1.807, 2.05) is 68.5 Å². The molecule has 4 heteroatoms. The first-order valence-corrected chi connectivity index (χ1v) is 9.90. The number of halogens is 1. The molecule has 0 saturated heterocycles. The Labute approximate surface area is 180 Å². The minimum atomic E-state index is -0.631. The number of fused-ring (bicyclic) bond motifs is 1. The van der Waals surface area contributed by atoms with E-state index < -0.39 is 11.8 Å². The third-order valence-corrected chi connectivity index (χ3v) is 5.15. The molecule has 0 amide bonds. The second kappa shape index (κ2) is 8.44. The fourth-order valence-corrected chi connectivity index (χ4v) is 3.53. The highest BCUT2D eigenvalue weighted by Crippen LogP contribution is 2.27. The fourth-order valence-electron chi connectivity index (χ4n) is 3.53. The number of ether oxygens (including phenoxy) is 1. The van der Waals surface area contributed by atoms with Gasteiger partial charge in [-0.15, -0.1) is 0 Å². The normalized spacial score (nSPS) is 11.2. The van der Waals surface area contributed by atoms with Gasteiger partial charge >= 0.3 is 5.97 Å². The molecular formula is C27H21FO3. The van der Waals surface area contributed by atoms with Gasteiger partial charge in [0, 0.05) is 0 Å². The lowest BCUT2D eigenvalue weighted by molar-refractivity contribution is 0.0728. The van der Waals surface area contributed by atoms with Gasteiger partial charge in [0.15, 0.2) is 11.6 Å². The van der Waals surface area contributed by atoms with Crippen LogP contribution in [0.15, 0.2) is 72.8 Å². The van der Waals surface area contributed by atoms with Crippen LogP contribution >= 0.6 is 0 Å². The van der Waals surface area contributed by atoms with Gasteiger partial charge in [0.1, 0.15) is 5.75 Å². The van der Waals surface area contributed by atoms with Gasteiger partial charge in [-0.25, -0.2) is 9.18 Å². The van der Waals surface area contributed by atoms with E-state index in [0.29, 0.717) is 11.1 Å². The molecule has 0 unspecified atom stereocenters. The molecule has 0 radical (unpaired) electrons. The van der Waals surface area contributed by atoms with Gasteiger partial charge in [0.05, 0.1) is 5.56 Å². The number of esters is 1. The summed E-state index contributed by atoms with van der Waals surface area (Å²) < 4.78 is 19.3. The SMILES string of the molecule is Cc1cc(/C=C/c2cc3ccccc3cc2C(=O)Oc2ccccc2F)cc(C)c1O. The van der Waals surface area contributed by atoms with Gasteiger partial charge < -0.3 is 9.84 Å². The summed E-state index contributed by atoms with van der Waals surface area (Å²) >= 11 is 0. The molecular weight excluding hydrogens is 391 g/mol. The summed E-state index contributed by atoms with van der Waals surface area (Å²) in [5.41, 5.74) is 3.44. The van der Waals surface area contributed by atoms with Crippen molar-refractivity contribution in [1.29, 1.82) is 0 Å². The third-order valence-electron chi connectivity index (χ3n) is 5.15. The lowest BCUT2D eigenvalue weighted by Gasteiger charge is -2.10. The van der Waals surface area contributed by atoms with E-state index in [4.69, 9.17) is 4.74 Å². The number of benzene rings is 4. The number of hydrogen-bond acceptors (Lipinski definition) is 3. The molecule has 0 aromatic heterocycles. The lowest BCUT2D eigenvalue weighted by atomic mass is 9.99. The number of phenolic OH excluding ortho intramolecular Hbond substituents is 1. The van der Waals surface area contributed by atoms with Gasteiger partial charge in [0.2, 0.25) is 0 Å². The van der Waals surface area contributed by atoms with Crippen LogP contribution in [0.4, 0.5) is 4.39 Å². The van der Waals surface area contributed by atoms with Crippen LogP contribution in [0.25, 0.3) is 22.9 Å². The van der Waals surface area contributed by atoms with E-state index in [2.05, 4.69) is 0 Å². The van der Waals surface area contributed by atoms with E-state index in [-0.39, 0.29) is 11.5 Å². The van der Waals surface area contributed by atoms with Crippen LogP contribution in [-0.2, 0) is 0 Å². The van der Waals surface area contributed by atoms with Crippen molar-refractivity contribution in [3.05, 3.63) is 106 Å². The Morgan fingerprint density at radius 2 is 1.48 bits per heavy atom. The molecule has 0 fully saturated rings. The molecule has 4 aromatic carbocycles. The van der Waals surface area contributed by atoms with Crippen molar-refractivity contribution in [2.24, 2.45) is 0 Å². The second-order valence-electron chi connectivity index (χ2n) is 7.44. The Balaban J connectivity index is 1.76. The molecule has 1 N–H and O–H groups in total. The number of carbonyl (C=O) groups excluding carboxylic acids is 1. The minimum Gasteiger partial charge on any atom is -0.507 e. The number of carbonyl (C=O) groups is 1. The van der Waals surface area contributed by atoms with E-state index in [1.54, 1.807) is 18.2 Å². The van der Waals surface area contributed by atoms with Crippen molar-refractivity contribution in [1.82, 2.24) is 0 Å². The topological polar surface area (TPSA) is 46.5 Å². The highest BCUT2D eigenvalue weighted by atomic mass is 19.1. The maximum absolute atomic E-state index is 14.0. The van der Waals surface area contributed by atoms with Gasteiger partial charge in [0.25, 0.3) is 0 Å². The first kappa shape index (κ1) is 20.4. The summed E-state index contributed by atoms with van der Waals surface area (Å²) in [7, 11) is 0. The molecule has 3 nitrogen and oxygen atoms in total. The van der Waals surface area contributed by atoms with E-state index in [9.17, 15) is 14.3 Å². The summed E-state index contributed by atoms with van der Waals surface area (Å²) in [6.45, 7) is 3.68. The van der Waals surface area contributed by atoms with Crippen molar-refractivity contribution >= 4 is 28.9 Å². The highest BCUT2D eigenvalue weighted by molar-refractivity contribution is 6.01. The van der Waals surface area contributed by atoms with E-state index in [1.165, 1.54) is 12.1 Å². The van der Waals surface area contributed by atoms with Crippen LogP contribution < -0.4 is 4.74 Å². The molecule has 0 saturated carbocycles. The molecule has 0 aliphatic heterocycles. The lowest BCUT2D eigenvalue weighted by Crippen LogP contribution is -2.11. The number of rotatable bonds is 4. The Kier molecular flexibility index (Phi) is 5.54. The molecule has 4 aromatic rings. The monoisotopic (exact) mass is 412 g/mol. The van der Waals surface area contributed by atoms with Crippen molar-refractivity contribution < 1.29 is 19.0 Å². The van der Waals surface area contributed by atoms with Crippen LogP contribution in [0, 0.1) is 19.7 Å². The van der Waals surface area contributed by atoms with Crippen molar-refractivity contribution in [3.63, 3.8) is 0 Å². The number of aromatic hydroxyl groups is 1. The molecule has 0 bridgehead atoms. The van der Waals surface area contributed by atoms with Gasteiger partial charge in [-0.05, 0) is 83.3 Å². The van der Waals surface area contributed by atoms with Crippen molar-refractivity contribution in [2.45, 2.75) is 13.8 Å². The molecule has 31 heavy (non-hydrogen) atoms. The maximum atomic E-state index is 14.0. The quantitative estimate of drug-likeness (QED) is 0.231. The predicted molar refractivity (Wildman–Crippen MR) is 122 cm³/mol. The number of para-hydroxylation sites is 1. The highest BCUT2D eigenvalue weighted by Gasteiger charge is 2.16. The molecule has 0 heterocycles. The molecule has 0 aliphatic rings. The number of aryl methyl sites for hydroxylation is 2. The van der Waals surface area contributed by atoms with Crippen LogP contribution in [-0.4, -0.2) is 11.1 Å². The molecule has 154 valence electrons. The summed E-state index contributed by atoms with van der Waals surface area (Å²) in [6.07, 6.45) is 3.71. The Morgan fingerprint density at radius 3 is 2.16 bits per heavy atom. The van der Waals surface area contributed by atoms with E-state index in [0.717, 1.165) is 27.5 Å². The summed E-state index contributed by atoms with van der Waals surface area (Å²) in [6, 6.07) is 20.9. The largest absolute Gasteiger partial charge is 0.507 e. The maximum Gasteiger partial charge on any atom is 0.344 e. The zero-order valence-electron chi connectivity index (χ0n) is 17.2. The first-order valence-electron chi connectivity index (χ1n) is 9.90. The Bertz CT molecular complexity index is 1300. The van der Waals surface area contributed by atoms with Crippen molar-refractivity contribution in [3.8, 4) is 11.5 Å². The van der Waals surface area contributed by atoms with Gasteiger partial charge in [-0.3, -0.25) is 0 Å². The summed E-state index contributed by atoms with van der Waals surface area (Å²) in [5, 5.41) is 11.9. The average Bonchev–Trinajstić information content (AvgIpc) is 2.76. The van der Waals surface area contributed by atoms with Crippen molar-refractivity contribution in [2.75, 3.05) is 0 Å². The van der Waals surface area contributed by atoms with Gasteiger partial charge in [-0.1, -0.05) is 48.6 Å².